The van der Waals surface area contributed by atoms with Crippen molar-refractivity contribution < 1.29 is 4.42 Å². The predicted molar refractivity (Wildman–Crippen MR) is 83.5 cm³/mol. The topological polar surface area (TPSA) is 43.0 Å². The third-order valence-corrected chi connectivity index (χ3v) is 4.17. The van der Waals surface area contributed by atoms with Crippen LogP contribution in [0.5, 0.6) is 0 Å². The first kappa shape index (κ1) is 14.7. The summed E-state index contributed by atoms with van der Waals surface area (Å²) >= 11 is 5.81. The molecule has 0 unspecified atom stereocenters. The van der Waals surface area contributed by atoms with Gasteiger partial charge in [-0.25, -0.2) is 0 Å². The van der Waals surface area contributed by atoms with E-state index < -0.39 is 0 Å². The molecule has 2 aromatic heterocycles. The number of nitrogens with one attached hydrogen (secondary N) is 1. The van der Waals surface area contributed by atoms with Crippen LogP contribution in [0.3, 0.4) is 0 Å². The molecule has 1 aliphatic carbocycles. The van der Waals surface area contributed by atoms with E-state index >= 15 is 0 Å². The first-order valence-corrected chi connectivity index (χ1v) is 7.88. The van der Waals surface area contributed by atoms with Gasteiger partial charge in [0.25, 0.3) is 0 Å². The molecule has 0 aromatic carbocycles. The van der Waals surface area contributed by atoms with Gasteiger partial charge in [0.2, 0.25) is 0 Å². The molecule has 21 heavy (non-hydrogen) atoms. The van der Waals surface area contributed by atoms with E-state index in [4.69, 9.17) is 16.0 Å². The average Bonchev–Trinajstić information content (AvgIpc) is 3.01. The number of hydrogen-bond donors (Lipinski definition) is 1. The summed E-state index contributed by atoms with van der Waals surface area (Å²) in [5.41, 5.74) is 2.72. The minimum atomic E-state index is 0.0318. The normalized spacial score (nSPS) is 18.8. The maximum Gasteiger partial charge on any atom is 0.193 e. The summed E-state index contributed by atoms with van der Waals surface area (Å²) < 4.78 is 7.57. The molecule has 0 spiro atoms. The first-order chi connectivity index (χ1) is 9.95. The van der Waals surface area contributed by atoms with E-state index in [1.165, 1.54) is 17.7 Å². The number of nitrogens with zero attached hydrogens (tertiary/aromatic N) is 2. The van der Waals surface area contributed by atoms with Gasteiger partial charge in [0.1, 0.15) is 5.76 Å². The molecule has 0 saturated heterocycles. The molecule has 0 saturated carbocycles. The van der Waals surface area contributed by atoms with Gasteiger partial charge in [0.15, 0.2) is 5.22 Å². The van der Waals surface area contributed by atoms with Crippen molar-refractivity contribution >= 4 is 11.6 Å². The van der Waals surface area contributed by atoms with E-state index in [1.807, 2.05) is 12.3 Å². The van der Waals surface area contributed by atoms with Gasteiger partial charge in [-0.1, -0.05) is 0 Å². The third-order valence-electron chi connectivity index (χ3n) is 3.97. The van der Waals surface area contributed by atoms with Crippen LogP contribution < -0.4 is 5.32 Å². The number of fused-ring (bicyclic) bond motifs is 1. The monoisotopic (exact) mass is 307 g/mol. The highest BCUT2D eigenvalue weighted by Crippen LogP contribution is 2.32. The van der Waals surface area contributed by atoms with Crippen LogP contribution in [0, 0.1) is 0 Å². The summed E-state index contributed by atoms with van der Waals surface area (Å²) in [5, 5.41) is 8.62. The summed E-state index contributed by atoms with van der Waals surface area (Å²) in [4.78, 5) is 0. The molecule has 2 aromatic rings. The zero-order valence-electron chi connectivity index (χ0n) is 12.8. The van der Waals surface area contributed by atoms with Crippen LogP contribution in [-0.2, 0) is 18.5 Å². The smallest absolute Gasteiger partial charge is 0.193 e. The molecule has 2 heterocycles. The van der Waals surface area contributed by atoms with Crippen LogP contribution in [0.1, 0.15) is 56.7 Å². The van der Waals surface area contributed by atoms with Crippen LogP contribution in [0.15, 0.2) is 22.7 Å². The van der Waals surface area contributed by atoms with Crippen LogP contribution in [0.4, 0.5) is 0 Å². The summed E-state index contributed by atoms with van der Waals surface area (Å²) in [6, 6.07) is 4.04. The Kier molecular flexibility index (Phi) is 3.84. The SMILES string of the molecule is CC(C)(C)n1ncc2c1CCC[C@H]2NCc1ccc(Cl)o1. The quantitative estimate of drug-likeness (QED) is 0.930. The highest BCUT2D eigenvalue weighted by Gasteiger charge is 2.27. The number of aromatic nitrogens is 2. The largest absolute Gasteiger partial charge is 0.448 e. The molecular weight excluding hydrogens is 286 g/mol. The first-order valence-electron chi connectivity index (χ1n) is 7.50. The average molecular weight is 308 g/mol. The van der Waals surface area contributed by atoms with Crippen molar-refractivity contribution in [3.63, 3.8) is 0 Å². The van der Waals surface area contributed by atoms with E-state index in [9.17, 15) is 0 Å². The molecule has 1 aliphatic rings. The fraction of sp³-hybridized carbons (Fsp3) is 0.562. The van der Waals surface area contributed by atoms with Crippen molar-refractivity contribution in [1.29, 1.82) is 0 Å². The van der Waals surface area contributed by atoms with Crippen LogP contribution >= 0.6 is 11.6 Å². The lowest BCUT2D eigenvalue weighted by molar-refractivity contribution is 0.333. The van der Waals surface area contributed by atoms with Gasteiger partial charge < -0.3 is 9.73 Å². The minimum Gasteiger partial charge on any atom is -0.448 e. The number of furan rings is 1. The Morgan fingerprint density at radius 3 is 2.90 bits per heavy atom. The lowest BCUT2D eigenvalue weighted by Crippen LogP contribution is -2.29. The van der Waals surface area contributed by atoms with Crippen molar-refractivity contribution in [2.75, 3.05) is 0 Å². The predicted octanol–water partition coefficient (Wildman–Crippen LogP) is 4.05. The van der Waals surface area contributed by atoms with Gasteiger partial charge in [-0.2, -0.15) is 5.10 Å². The molecule has 1 N–H and O–H groups in total. The van der Waals surface area contributed by atoms with Crippen LogP contribution in [-0.4, -0.2) is 9.78 Å². The second-order valence-electron chi connectivity index (χ2n) is 6.66. The minimum absolute atomic E-state index is 0.0318. The maximum absolute atomic E-state index is 5.81. The summed E-state index contributed by atoms with van der Waals surface area (Å²) in [6.45, 7) is 7.28. The molecule has 114 valence electrons. The molecule has 0 fully saturated rings. The fourth-order valence-electron chi connectivity index (χ4n) is 3.02. The zero-order chi connectivity index (χ0) is 15.0. The standard InChI is InChI=1S/C16H22ClN3O/c1-16(2,3)20-14-6-4-5-13(12(14)10-19-20)18-9-11-7-8-15(17)21-11/h7-8,10,13,18H,4-6,9H2,1-3H3/t13-/m1/s1. The number of hydrogen-bond acceptors (Lipinski definition) is 3. The lowest BCUT2D eigenvalue weighted by atomic mass is 9.92. The Balaban J connectivity index is 1.76. The molecule has 5 heteroatoms. The van der Waals surface area contributed by atoms with Gasteiger partial charge in [0.05, 0.1) is 18.3 Å². The summed E-state index contributed by atoms with van der Waals surface area (Å²) in [6.07, 6.45) is 5.45. The third kappa shape index (κ3) is 3.01. The summed E-state index contributed by atoms with van der Waals surface area (Å²) in [5.74, 6) is 0.871. The molecule has 0 amide bonds. The molecule has 1 atom stereocenters. The Hall–Kier alpha value is -1.26. The maximum atomic E-state index is 5.81. The van der Waals surface area contributed by atoms with Crippen molar-refractivity contribution in [3.8, 4) is 0 Å². The van der Waals surface area contributed by atoms with E-state index in [0.717, 1.165) is 18.6 Å². The van der Waals surface area contributed by atoms with Crippen molar-refractivity contribution in [3.05, 3.63) is 40.6 Å². The fourth-order valence-corrected chi connectivity index (χ4v) is 3.18. The molecule has 0 radical (unpaired) electrons. The molecule has 4 nitrogen and oxygen atoms in total. The van der Waals surface area contributed by atoms with Gasteiger partial charge in [-0.15, -0.1) is 0 Å². The Bertz CT molecular complexity index is 624. The highest BCUT2D eigenvalue weighted by molar-refractivity contribution is 6.28. The van der Waals surface area contributed by atoms with Crippen molar-refractivity contribution in [2.45, 2.75) is 58.2 Å². The highest BCUT2D eigenvalue weighted by atomic mass is 35.5. The van der Waals surface area contributed by atoms with Crippen molar-refractivity contribution in [1.82, 2.24) is 15.1 Å². The molecule has 0 aliphatic heterocycles. The van der Waals surface area contributed by atoms with Crippen molar-refractivity contribution in [2.24, 2.45) is 0 Å². The molecule has 3 rings (SSSR count). The number of halogens is 1. The Morgan fingerprint density at radius 1 is 1.43 bits per heavy atom. The van der Waals surface area contributed by atoms with Gasteiger partial charge in [-0.05, 0) is 63.8 Å². The van der Waals surface area contributed by atoms with E-state index in [0.29, 0.717) is 17.8 Å². The Labute approximate surface area is 130 Å². The zero-order valence-corrected chi connectivity index (χ0v) is 13.6. The van der Waals surface area contributed by atoms with Crippen LogP contribution in [0.25, 0.3) is 0 Å². The molecule has 0 bridgehead atoms. The van der Waals surface area contributed by atoms with E-state index in [1.54, 1.807) is 6.07 Å². The number of rotatable bonds is 3. The van der Waals surface area contributed by atoms with Gasteiger partial charge in [-0.3, -0.25) is 4.68 Å². The van der Waals surface area contributed by atoms with E-state index in [-0.39, 0.29) is 5.54 Å². The van der Waals surface area contributed by atoms with Crippen LogP contribution in [0.2, 0.25) is 5.22 Å². The Morgan fingerprint density at radius 2 is 2.24 bits per heavy atom. The lowest BCUT2D eigenvalue weighted by Gasteiger charge is -2.28. The van der Waals surface area contributed by atoms with E-state index in [2.05, 4.69) is 35.9 Å². The van der Waals surface area contributed by atoms with Gasteiger partial charge >= 0.3 is 0 Å². The van der Waals surface area contributed by atoms with Gasteiger partial charge in [0, 0.05) is 17.3 Å². The molecular formula is C16H22ClN3O. The second kappa shape index (κ2) is 5.50. The summed E-state index contributed by atoms with van der Waals surface area (Å²) in [7, 11) is 0. The second-order valence-corrected chi connectivity index (χ2v) is 7.03.